The van der Waals surface area contributed by atoms with E-state index in [1.165, 1.54) is 18.4 Å². The summed E-state index contributed by atoms with van der Waals surface area (Å²) < 4.78 is 26.9. The highest BCUT2D eigenvalue weighted by atomic mass is 35.7. The second-order valence-electron chi connectivity index (χ2n) is 2.56. The SMILES string of the molecule is O=S(=O)(Cl)c1ccc2ccoc2c1. The van der Waals surface area contributed by atoms with Crippen molar-refractivity contribution in [1.82, 2.24) is 0 Å². The predicted molar refractivity (Wildman–Crippen MR) is 49.3 cm³/mol. The van der Waals surface area contributed by atoms with Crippen LogP contribution in [0.15, 0.2) is 39.8 Å². The molecule has 68 valence electrons. The minimum absolute atomic E-state index is 0.0524. The molecular weight excluding hydrogens is 212 g/mol. The number of benzene rings is 1. The fourth-order valence-electron chi connectivity index (χ4n) is 1.09. The Morgan fingerprint density at radius 2 is 2.00 bits per heavy atom. The molecule has 2 aromatic rings. The van der Waals surface area contributed by atoms with Crippen LogP contribution in [0.25, 0.3) is 11.0 Å². The fraction of sp³-hybridized carbons (Fsp3) is 0. The zero-order chi connectivity index (χ0) is 9.47. The molecule has 0 saturated carbocycles. The third-order valence-electron chi connectivity index (χ3n) is 1.71. The summed E-state index contributed by atoms with van der Waals surface area (Å²) in [5, 5.41) is 0.851. The Balaban J connectivity index is 2.75. The summed E-state index contributed by atoms with van der Waals surface area (Å²) in [7, 11) is 1.50. The van der Waals surface area contributed by atoms with Gasteiger partial charge in [-0.1, -0.05) is 0 Å². The van der Waals surface area contributed by atoms with Crippen LogP contribution in [0.1, 0.15) is 0 Å². The van der Waals surface area contributed by atoms with Crippen molar-refractivity contribution in [2.45, 2.75) is 4.90 Å². The van der Waals surface area contributed by atoms with E-state index in [2.05, 4.69) is 0 Å². The number of fused-ring (bicyclic) bond motifs is 1. The van der Waals surface area contributed by atoms with Crippen molar-refractivity contribution in [2.24, 2.45) is 0 Å². The van der Waals surface area contributed by atoms with Crippen molar-refractivity contribution in [1.29, 1.82) is 0 Å². The summed E-state index contributed by atoms with van der Waals surface area (Å²) in [6.45, 7) is 0. The molecule has 2 rings (SSSR count). The van der Waals surface area contributed by atoms with E-state index in [1.807, 2.05) is 0 Å². The van der Waals surface area contributed by atoms with Crippen LogP contribution >= 0.6 is 10.7 Å². The first-order valence-electron chi connectivity index (χ1n) is 3.49. The van der Waals surface area contributed by atoms with Gasteiger partial charge in [-0.05, 0) is 18.2 Å². The first kappa shape index (κ1) is 8.59. The summed E-state index contributed by atoms with van der Waals surface area (Å²) in [5.74, 6) is 0. The Labute approximate surface area is 79.3 Å². The molecular formula is C8H5ClO3S. The summed E-state index contributed by atoms with van der Waals surface area (Å²) in [6, 6.07) is 6.24. The van der Waals surface area contributed by atoms with E-state index in [1.54, 1.807) is 12.1 Å². The molecule has 0 aliphatic carbocycles. The Morgan fingerprint density at radius 3 is 2.69 bits per heavy atom. The monoisotopic (exact) mass is 216 g/mol. The first-order chi connectivity index (χ1) is 6.07. The van der Waals surface area contributed by atoms with Gasteiger partial charge in [0, 0.05) is 22.1 Å². The zero-order valence-corrected chi connectivity index (χ0v) is 7.97. The molecule has 13 heavy (non-hydrogen) atoms. The van der Waals surface area contributed by atoms with E-state index in [0.29, 0.717) is 5.58 Å². The van der Waals surface area contributed by atoms with Crippen LogP contribution in [-0.2, 0) is 9.05 Å². The van der Waals surface area contributed by atoms with E-state index in [4.69, 9.17) is 15.1 Å². The smallest absolute Gasteiger partial charge is 0.261 e. The third kappa shape index (κ3) is 1.55. The van der Waals surface area contributed by atoms with Crippen LogP contribution in [0.5, 0.6) is 0 Å². The van der Waals surface area contributed by atoms with Gasteiger partial charge >= 0.3 is 0 Å². The average Bonchev–Trinajstić information content (AvgIpc) is 2.47. The lowest BCUT2D eigenvalue weighted by atomic mass is 10.3. The molecule has 0 unspecified atom stereocenters. The van der Waals surface area contributed by atoms with E-state index >= 15 is 0 Å². The van der Waals surface area contributed by atoms with Crippen LogP contribution in [0.3, 0.4) is 0 Å². The molecule has 5 heteroatoms. The minimum atomic E-state index is -3.66. The molecule has 1 heterocycles. The maximum atomic E-state index is 10.9. The highest BCUT2D eigenvalue weighted by molar-refractivity contribution is 8.13. The summed E-state index contributed by atoms with van der Waals surface area (Å²) in [5.41, 5.74) is 0.515. The van der Waals surface area contributed by atoms with Crippen molar-refractivity contribution in [3.8, 4) is 0 Å². The average molecular weight is 217 g/mol. The Morgan fingerprint density at radius 1 is 1.23 bits per heavy atom. The van der Waals surface area contributed by atoms with Gasteiger partial charge in [-0.15, -0.1) is 0 Å². The first-order valence-corrected chi connectivity index (χ1v) is 5.80. The molecule has 0 bridgehead atoms. The molecule has 0 saturated heterocycles. The highest BCUT2D eigenvalue weighted by Crippen LogP contribution is 2.22. The third-order valence-corrected chi connectivity index (χ3v) is 3.06. The molecule has 0 aliphatic rings. The molecule has 0 fully saturated rings. The Bertz CT molecular complexity index is 541. The standard InChI is InChI=1S/C8H5ClO3S/c9-13(10,11)7-2-1-6-3-4-12-8(6)5-7/h1-5H. The van der Waals surface area contributed by atoms with Crippen LogP contribution in [0.4, 0.5) is 0 Å². The van der Waals surface area contributed by atoms with Gasteiger partial charge in [0.2, 0.25) is 0 Å². The van der Waals surface area contributed by atoms with E-state index in [9.17, 15) is 8.42 Å². The van der Waals surface area contributed by atoms with Gasteiger partial charge in [0.15, 0.2) is 0 Å². The lowest BCUT2D eigenvalue weighted by Gasteiger charge is -1.94. The van der Waals surface area contributed by atoms with Gasteiger partial charge < -0.3 is 4.42 Å². The zero-order valence-electron chi connectivity index (χ0n) is 6.40. The van der Waals surface area contributed by atoms with Crippen molar-refractivity contribution < 1.29 is 12.8 Å². The molecule has 1 aromatic carbocycles. The van der Waals surface area contributed by atoms with Gasteiger partial charge in [-0.2, -0.15) is 0 Å². The minimum Gasteiger partial charge on any atom is -0.464 e. The van der Waals surface area contributed by atoms with Gasteiger partial charge in [0.25, 0.3) is 9.05 Å². The molecule has 3 nitrogen and oxygen atoms in total. The van der Waals surface area contributed by atoms with Gasteiger partial charge in [-0.3, -0.25) is 0 Å². The topological polar surface area (TPSA) is 47.3 Å². The molecule has 1 aromatic heterocycles. The summed E-state index contributed by atoms with van der Waals surface area (Å²) in [6.07, 6.45) is 1.50. The van der Waals surface area contributed by atoms with Gasteiger partial charge in [0.05, 0.1) is 11.2 Å². The second kappa shape index (κ2) is 2.75. The van der Waals surface area contributed by atoms with Crippen LogP contribution in [-0.4, -0.2) is 8.42 Å². The van der Waals surface area contributed by atoms with Crippen molar-refractivity contribution >= 4 is 30.7 Å². The maximum Gasteiger partial charge on any atom is 0.261 e. The fourth-order valence-corrected chi connectivity index (χ4v) is 1.85. The van der Waals surface area contributed by atoms with E-state index in [-0.39, 0.29) is 4.90 Å². The number of hydrogen-bond donors (Lipinski definition) is 0. The largest absolute Gasteiger partial charge is 0.464 e. The predicted octanol–water partition coefficient (Wildman–Crippen LogP) is 2.36. The molecule has 0 atom stereocenters. The highest BCUT2D eigenvalue weighted by Gasteiger charge is 2.10. The number of rotatable bonds is 1. The van der Waals surface area contributed by atoms with Crippen LogP contribution in [0.2, 0.25) is 0 Å². The number of furan rings is 1. The summed E-state index contributed by atoms with van der Waals surface area (Å²) >= 11 is 0. The van der Waals surface area contributed by atoms with Crippen LogP contribution < -0.4 is 0 Å². The molecule has 0 amide bonds. The molecule has 0 aliphatic heterocycles. The summed E-state index contributed by atoms with van der Waals surface area (Å²) in [4.78, 5) is 0.0524. The molecule has 0 radical (unpaired) electrons. The number of hydrogen-bond acceptors (Lipinski definition) is 3. The quantitative estimate of drug-likeness (QED) is 0.688. The maximum absolute atomic E-state index is 10.9. The van der Waals surface area contributed by atoms with Crippen molar-refractivity contribution in [2.75, 3.05) is 0 Å². The van der Waals surface area contributed by atoms with Gasteiger partial charge in [0.1, 0.15) is 5.58 Å². The Hall–Kier alpha value is -1.00. The van der Waals surface area contributed by atoms with E-state index in [0.717, 1.165) is 5.39 Å². The second-order valence-corrected chi connectivity index (χ2v) is 5.12. The molecule has 0 spiro atoms. The van der Waals surface area contributed by atoms with Gasteiger partial charge in [-0.25, -0.2) is 8.42 Å². The van der Waals surface area contributed by atoms with Crippen molar-refractivity contribution in [3.63, 3.8) is 0 Å². The molecule has 0 N–H and O–H groups in total. The normalized spacial score (nSPS) is 12.1. The van der Waals surface area contributed by atoms with E-state index < -0.39 is 9.05 Å². The van der Waals surface area contributed by atoms with Crippen LogP contribution in [0, 0.1) is 0 Å². The lowest BCUT2D eigenvalue weighted by molar-refractivity contribution is 0.605. The lowest BCUT2D eigenvalue weighted by Crippen LogP contribution is -1.88. The Kier molecular flexibility index (Phi) is 1.82. The number of halogens is 1. The van der Waals surface area contributed by atoms with Crippen molar-refractivity contribution in [3.05, 3.63) is 30.5 Å².